The van der Waals surface area contributed by atoms with Crippen molar-refractivity contribution in [2.45, 2.75) is 11.5 Å². The lowest BCUT2D eigenvalue weighted by atomic mass is 10.3. The van der Waals surface area contributed by atoms with Crippen LogP contribution in [0, 0.1) is 0 Å². The molecule has 1 aromatic rings. The van der Waals surface area contributed by atoms with E-state index in [1.807, 2.05) is 0 Å². The van der Waals surface area contributed by atoms with E-state index in [1.165, 1.54) is 0 Å². The molecule has 1 nitrogen and oxygen atoms in total. The monoisotopic (exact) mass is 332 g/mol. The van der Waals surface area contributed by atoms with Gasteiger partial charge in [0.15, 0.2) is 5.75 Å². The minimum Gasteiger partial charge on any atom is -0.432 e. The fourth-order valence-electron chi connectivity index (χ4n) is 0.724. The molecule has 1 rings (SSSR count). The number of thiol groups is 1. The van der Waals surface area contributed by atoms with E-state index >= 15 is 0 Å². The minimum absolute atomic E-state index is 0.0349. The van der Waals surface area contributed by atoms with Gasteiger partial charge in [-0.15, -0.1) is 12.6 Å². The molecule has 0 spiro atoms. The number of benzene rings is 1. The quantitative estimate of drug-likeness (QED) is 0.802. The molecule has 0 fully saturated rings. The molecule has 72 valence electrons. The van der Waals surface area contributed by atoms with Gasteiger partial charge in [0.2, 0.25) is 0 Å². The normalized spacial score (nSPS) is 10.6. The second-order valence-corrected chi connectivity index (χ2v) is 4.24. The summed E-state index contributed by atoms with van der Waals surface area (Å²) in [5.74, 6) is 0.0349. The summed E-state index contributed by atoms with van der Waals surface area (Å²) in [6.07, 6.45) is 0. The van der Waals surface area contributed by atoms with Crippen LogP contribution in [0.15, 0.2) is 26.0 Å². The van der Waals surface area contributed by atoms with Crippen LogP contribution in [0.2, 0.25) is 0 Å². The first kappa shape index (κ1) is 11.3. The molecule has 6 heteroatoms. The maximum absolute atomic E-state index is 11.9. The third kappa shape index (κ3) is 2.82. The van der Waals surface area contributed by atoms with Crippen molar-refractivity contribution in [2.75, 3.05) is 0 Å². The first-order valence-electron chi connectivity index (χ1n) is 3.14. The third-order valence-electron chi connectivity index (χ3n) is 1.24. The SMILES string of the molecule is FC(F)Oc1c(Br)ccc(Br)c1S. The second kappa shape index (κ2) is 4.61. The lowest BCUT2D eigenvalue weighted by Crippen LogP contribution is -2.03. The van der Waals surface area contributed by atoms with Crippen molar-refractivity contribution in [1.82, 2.24) is 0 Å². The molecule has 0 radical (unpaired) electrons. The van der Waals surface area contributed by atoms with Crippen LogP contribution in [-0.4, -0.2) is 6.61 Å². The maximum atomic E-state index is 11.9. The van der Waals surface area contributed by atoms with Crippen molar-refractivity contribution < 1.29 is 13.5 Å². The van der Waals surface area contributed by atoms with E-state index in [2.05, 4.69) is 49.2 Å². The summed E-state index contributed by atoms with van der Waals surface area (Å²) in [6.45, 7) is -2.85. The Morgan fingerprint density at radius 3 is 2.31 bits per heavy atom. The molecule has 0 unspecified atom stereocenters. The zero-order valence-corrected chi connectivity index (χ0v) is 10.2. The third-order valence-corrected chi connectivity index (χ3v) is 3.28. The van der Waals surface area contributed by atoms with Crippen LogP contribution in [0.5, 0.6) is 5.75 Å². The van der Waals surface area contributed by atoms with Gasteiger partial charge in [-0.2, -0.15) is 8.78 Å². The standard InChI is InChI=1S/C7H4Br2F2OS/c8-3-1-2-4(9)6(13)5(3)12-7(10)11/h1-2,7,13H. The van der Waals surface area contributed by atoms with Gasteiger partial charge in [-0.1, -0.05) is 0 Å². The van der Waals surface area contributed by atoms with Crippen LogP contribution in [0.3, 0.4) is 0 Å². The van der Waals surface area contributed by atoms with Crippen molar-refractivity contribution in [3.05, 3.63) is 21.1 Å². The molecule has 0 heterocycles. The Labute approximate surface area is 96.1 Å². The van der Waals surface area contributed by atoms with Crippen LogP contribution < -0.4 is 4.74 Å². The molecular formula is C7H4Br2F2OS. The Balaban J connectivity index is 3.10. The molecule has 0 N–H and O–H groups in total. The Morgan fingerprint density at radius 1 is 1.23 bits per heavy atom. The first-order chi connectivity index (χ1) is 6.02. The molecule has 0 saturated carbocycles. The lowest BCUT2D eigenvalue weighted by Gasteiger charge is -2.10. The summed E-state index contributed by atoms with van der Waals surface area (Å²) in [6, 6.07) is 3.28. The maximum Gasteiger partial charge on any atom is 0.387 e. The van der Waals surface area contributed by atoms with E-state index in [-0.39, 0.29) is 5.75 Å². The topological polar surface area (TPSA) is 9.23 Å². The summed E-state index contributed by atoms with van der Waals surface area (Å²) >= 11 is 10.3. The average Bonchev–Trinajstić information content (AvgIpc) is 2.05. The molecule has 0 atom stereocenters. The smallest absolute Gasteiger partial charge is 0.387 e. The molecule has 0 amide bonds. The zero-order valence-electron chi connectivity index (χ0n) is 6.10. The van der Waals surface area contributed by atoms with Crippen LogP contribution in [0.4, 0.5) is 8.78 Å². The molecule has 1 aromatic carbocycles. The van der Waals surface area contributed by atoms with Gasteiger partial charge in [0, 0.05) is 4.47 Å². The largest absolute Gasteiger partial charge is 0.432 e. The van der Waals surface area contributed by atoms with Gasteiger partial charge >= 0.3 is 6.61 Å². The Kier molecular flexibility index (Phi) is 4.00. The van der Waals surface area contributed by atoms with Gasteiger partial charge in [0.25, 0.3) is 0 Å². The number of hydrogen-bond acceptors (Lipinski definition) is 2. The number of halogens is 4. The predicted molar refractivity (Wildman–Crippen MR) is 55.7 cm³/mol. The number of alkyl halides is 2. The van der Waals surface area contributed by atoms with Gasteiger partial charge in [-0.05, 0) is 44.0 Å². The van der Waals surface area contributed by atoms with Crippen LogP contribution in [0.1, 0.15) is 0 Å². The van der Waals surface area contributed by atoms with Crippen molar-refractivity contribution in [2.24, 2.45) is 0 Å². The fourth-order valence-corrected chi connectivity index (χ4v) is 1.86. The van der Waals surface area contributed by atoms with Crippen molar-refractivity contribution >= 4 is 44.5 Å². The fraction of sp³-hybridized carbons (Fsp3) is 0.143. The number of hydrogen-bond donors (Lipinski definition) is 1. The summed E-state index contributed by atoms with van der Waals surface area (Å²) in [5.41, 5.74) is 0. The van der Waals surface area contributed by atoms with Gasteiger partial charge < -0.3 is 4.74 Å². The first-order valence-corrected chi connectivity index (χ1v) is 5.17. The summed E-state index contributed by atoms with van der Waals surface area (Å²) < 4.78 is 29.2. The molecule has 0 bridgehead atoms. The highest BCUT2D eigenvalue weighted by Crippen LogP contribution is 2.37. The van der Waals surface area contributed by atoms with Gasteiger partial charge in [-0.25, -0.2) is 0 Å². The number of ether oxygens (including phenoxy) is 1. The minimum atomic E-state index is -2.85. The molecule has 13 heavy (non-hydrogen) atoms. The van der Waals surface area contributed by atoms with Crippen LogP contribution in [-0.2, 0) is 0 Å². The molecular weight excluding hydrogens is 330 g/mol. The highest BCUT2D eigenvalue weighted by Gasteiger charge is 2.13. The Bertz CT molecular complexity index is 320. The molecule has 0 aromatic heterocycles. The van der Waals surface area contributed by atoms with Crippen molar-refractivity contribution in [3.63, 3.8) is 0 Å². The Morgan fingerprint density at radius 2 is 1.77 bits per heavy atom. The van der Waals surface area contributed by atoms with Crippen LogP contribution in [0.25, 0.3) is 0 Å². The highest BCUT2D eigenvalue weighted by molar-refractivity contribution is 9.11. The van der Waals surface area contributed by atoms with Gasteiger partial charge in [0.1, 0.15) is 0 Å². The average molecular weight is 334 g/mol. The highest BCUT2D eigenvalue weighted by atomic mass is 79.9. The molecule has 0 aliphatic carbocycles. The predicted octanol–water partition coefficient (Wildman–Crippen LogP) is 4.10. The molecule has 0 aliphatic heterocycles. The second-order valence-electron chi connectivity index (χ2n) is 2.09. The van der Waals surface area contributed by atoms with E-state index < -0.39 is 6.61 Å². The van der Waals surface area contributed by atoms with Gasteiger partial charge in [0.05, 0.1) is 9.37 Å². The van der Waals surface area contributed by atoms with E-state index in [9.17, 15) is 8.78 Å². The molecule has 0 saturated heterocycles. The zero-order chi connectivity index (χ0) is 10.0. The Hall–Kier alpha value is 0.190. The molecule has 0 aliphatic rings. The van der Waals surface area contributed by atoms with E-state index in [4.69, 9.17) is 0 Å². The summed E-state index contributed by atoms with van der Waals surface area (Å²) in [5, 5.41) is 0. The summed E-state index contributed by atoms with van der Waals surface area (Å²) in [4.78, 5) is 0.342. The van der Waals surface area contributed by atoms with E-state index in [1.54, 1.807) is 12.1 Å². The van der Waals surface area contributed by atoms with Crippen molar-refractivity contribution in [3.8, 4) is 5.75 Å². The van der Waals surface area contributed by atoms with E-state index in [0.29, 0.717) is 13.8 Å². The lowest BCUT2D eigenvalue weighted by molar-refractivity contribution is -0.0522. The summed E-state index contributed by atoms with van der Waals surface area (Å²) in [7, 11) is 0. The van der Waals surface area contributed by atoms with Crippen molar-refractivity contribution in [1.29, 1.82) is 0 Å². The number of rotatable bonds is 2. The van der Waals surface area contributed by atoms with E-state index in [0.717, 1.165) is 0 Å². The van der Waals surface area contributed by atoms with Crippen LogP contribution >= 0.6 is 44.5 Å². The van der Waals surface area contributed by atoms with Gasteiger partial charge in [-0.3, -0.25) is 0 Å².